The van der Waals surface area contributed by atoms with Crippen molar-refractivity contribution in [1.82, 2.24) is 10.2 Å². The summed E-state index contributed by atoms with van der Waals surface area (Å²) in [6.45, 7) is 5.80. The molecule has 0 aliphatic carbocycles. The van der Waals surface area contributed by atoms with Crippen LogP contribution < -0.4 is 9.62 Å². The zero-order chi connectivity index (χ0) is 31.7. The Balaban J connectivity index is 1.80. The number of amides is 2. The van der Waals surface area contributed by atoms with Crippen LogP contribution in [0.15, 0.2) is 108 Å². The number of rotatable bonds is 13. The summed E-state index contributed by atoms with van der Waals surface area (Å²) in [4.78, 5) is 29.7. The van der Waals surface area contributed by atoms with Crippen molar-refractivity contribution < 1.29 is 18.0 Å². The molecule has 4 aromatic rings. The highest BCUT2D eigenvalue weighted by Gasteiger charge is 2.35. The van der Waals surface area contributed by atoms with Crippen LogP contribution in [0.4, 0.5) is 5.69 Å². The number of para-hydroxylation sites is 1. The van der Waals surface area contributed by atoms with E-state index in [0.717, 1.165) is 33.0 Å². The van der Waals surface area contributed by atoms with Crippen LogP contribution in [0.3, 0.4) is 0 Å². The van der Waals surface area contributed by atoms with E-state index in [0.29, 0.717) is 6.54 Å². The van der Waals surface area contributed by atoms with Crippen LogP contribution in [0.1, 0.15) is 35.6 Å². The van der Waals surface area contributed by atoms with E-state index in [4.69, 9.17) is 11.6 Å². The first-order valence-corrected chi connectivity index (χ1v) is 16.4. The second kappa shape index (κ2) is 15.0. The second-order valence-corrected chi connectivity index (χ2v) is 13.0. The Morgan fingerprint density at radius 3 is 2.00 bits per heavy atom. The molecule has 7 nitrogen and oxygen atoms in total. The van der Waals surface area contributed by atoms with E-state index in [1.807, 2.05) is 75.4 Å². The number of aryl methyl sites for hydroxylation is 2. The molecule has 9 heteroatoms. The summed E-state index contributed by atoms with van der Waals surface area (Å²) in [5, 5.41) is 3.14. The fourth-order valence-corrected chi connectivity index (χ4v) is 6.54. The van der Waals surface area contributed by atoms with Gasteiger partial charge in [0.05, 0.1) is 15.6 Å². The average molecular weight is 632 g/mol. The molecule has 0 saturated carbocycles. The van der Waals surface area contributed by atoms with Gasteiger partial charge in [-0.3, -0.25) is 13.9 Å². The number of carbonyl (C=O) groups excluding carboxylic acids is 2. The summed E-state index contributed by atoms with van der Waals surface area (Å²) < 4.78 is 29.2. The molecule has 230 valence electrons. The molecule has 0 unspecified atom stereocenters. The maximum absolute atomic E-state index is 14.4. The zero-order valence-corrected chi connectivity index (χ0v) is 26.8. The molecule has 0 fully saturated rings. The third kappa shape index (κ3) is 8.27. The van der Waals surface area contributed by atoms with E-state index in [9.17, 15) is 18.0 Å². The van der Waals surface area contributed by atoms with Gasteiger partial charge in [-0.2, -0.15) is 0 Å². The summed E-state index contributed by atoms with van der Waals surface area (Å²) in [5.41, 5.74) is 3.82. The molecule has 0 aliphatic heterocycles. The van der Waals surface area contributed by atoms with Crippen molar-refractivity contribution in [3.05, 3.63) is 130 Å². The van der Waals surface area contributed by atoms with Crippen molar-refractivity contribution in [2.24, 2.45) is 0 Å². The van der Waals surface area contributed by atoms with Crippen molar-refractivity contribution in [2.75, 3.05) is 17.4 Å². The number of carbonyl (C=O) groups is 2. The van der Waals surface area contributed by atoms with Gasteiger partial charge in [-0.15, -0.1) is 0 Å². The molecule has 4 aromatic carbocycles. The smallest absolute Gasteiger partial charge is 0.264 e. The second-order valence-electron chi connectivity index (χ2n) is 10.8. The van der Waals surface area contributed by atoms with E-state index in [1.54, 1.807) is 36.4 Å². The summed E-state index contributed by atoms with van der Waals surface area (Å²) in [7, 11) is -4.22. The molecule has 2 amide bonds. The lowest BCUT2D eigenvalue weighted by molar-refractivity contribution is -0.140. The maximum Gasteiger partial charge on any atom is 0.264 e. The van der Waals surface area contributed by atoms with Crippen LogP contribution >= 0.6 is 11.6 Å². The number of hydrogen-bond donors (Lipinski definition) is 1. The minimum atomic E-state index is -4.22. The predicted octanol–water partition coefficient (Wildman–Crippen LogP) is 6.32. The van der Waals surface area contributed by atoms with Crippen molar-refractivity contribution in [2.45, 2.75) is 51.1 Å². The number of hydrogen-bond acceptors (Lipinski definition) is 4. The van der Waals surface area contributed by atoms with Gasteiger partial charge in [0.15, 0.2) is 0 Å². The Labute approximate surface area is 265 Å². The SMILES string of the molecule is CCCNC(=O)[C@@H](Cc1ccccc1)N(Cc1ccc(C)cc1)C(=O)CN(c1ccccc1Cl)S(=O)(=O)c1ccc(C)cc1. The average Bonchev–Trinajstić information content (AvgIpc) is 3.02. The number of nitrogens with one attached hydrogen (secondary N) is 1. The van der Waals surface area contributed by atoms with Gasteiger partial charge in [0.25, 0.3) is 10.0 Å². The first-order chi connectivity index (χ1) is 21.1. The van der Waals surface area contributed by atoms with Crippen LogP contribution in [-0.4, -0.2) is 44.3 Å². The van der Waals surface area contributed by atoms with Crippen LogP contribution in [-0.2, 0) is 32.6 Å². The van der Waals surface area contributed by atoms with Gasteiger partial charge in [-0.25, -0.2) is 8.42 Å². The molecule has 0 aliphatic rings. The maximum atomic E-state index is 14.4. The Morgan fingerprint density at radius 1 is 0.795 bits per heavy atom. The quantitative estimate of drug-likeness (QED) is 0.187. The molecular formula is C35H38ClN3O4S. The van der Waals surface area contributed by atoms with Crippen molar-refractivity contribution in [3.63, 3.8) is 0 Å². The monoisotopic (exact) mass is 631 g/mol. The third-order valence-corrected chi connectivity index (χ3v) is 9.40. The highest BCUT2D eigenvalue weighted by Crippen LogP contribution is 2.31. The minimum absolute atomic E-state index is 0.0300. The van der Waals surface area contributed by atoms with Gasteiger partial charge in [-0.1, -0.05) is 109 Å². The van der Waals surface area contributed by atoms with E-state index in [1.165, 1.54) is 17.0 Å². The van der Waals surface area contributed by atoms with Crippen molar-refractivity contribution >= 4 is 39.1 Å². The van der Waals surface area contributed by atoms with E-state index < -0.39 is 28.5 Å². The van der Waals surface area contributed by atoms with Gasteiger partial charge in [0, 0.05) is 19.5 Å². The van der Waals surface area contributed by atoms with Crippen LogP contribution in [0.2, 0.25) is 5.02 Å². The van der Waals surface area contributed by atoms with Crippen LogP contribution in [0.25, 0.3) is 0 Å². The molecule has 0 spiro atoms. The van der Waals surface area contributed by atoms with Gasteiger partial charge in [0.2, 0.25) is 11.8 Å². The lowest BCUT2D eigenvalue weighted by Crippen LogP contribution is -2.53. The molecule has 4 rings (SSSR count). The Bertz CT molecular complexity index is 1660. The van der Waals surface area contributed by atoms with Crippen LogP contribution in [0, 0.1) is 13.8 Å². The predicted molar refractivity (Wildman–Crippen MR) is 176 cm³/mol. The fraction of sp³-hybridized carbons (Fsp3) is 0.257. The van der Waals surface area contributed by atoms with Gasteiger partial charge < -0.3 is 10.2 Å². The minimum Gasteiger partial charge on any atom is -0.354 e. The van der Waals surface area contributed by atoms with Gasteiger partial charge in [0.1, 0.15) is 12.6 Å². The molecule has 1 N–H and O–H groups in total. The highest BCUT2D eigenvalue weighted by molar-refractivity contribution is 7.92. The summed E-state index contributed by atoms with van der Waals surface area (Å²) in [5.74, 6) is -0.837. The van der Waals surface area contributed by atoms with Gasteiger partial charge >= 0.3 is 0 Å². The largest absolute Gasteiger partial charge is 0.354 e. The summed E-state index contributed by atoms with van der Waals surface area (Å²) in [6.07, 6.45) is 0.982. The molecule has 0 heterocycles. The van der Waals surface area contributed by atoms with Crippen molar-refractivity contribution in [3.8, 4) is 0 Å². The number of anilines is 1. The van der Waals surface area contributed by atoms with Crippen molar-refractivity contribution in [1.29, 1.82) is 0 Å². The Morgan fingerprint density at radius 2 is 1.39 bits per heavy atom. The lowest BCUT2D eigenvalue weighted by atomic mass is 10.0. The third-order valence-electron chi connectivity index (χ3n) is 7.30. The number of nitrogens with zero attached hydrogens (tertiary/aromatic N) is 2. The topological polar surface area (TPSA) is 86.8 Å². The molecule has 0 bridgehead atoms. The van der Waals surface area contributed by atoms with Gasteiger partial charge in [-0.05, 0) is 55.7 Å². The molecule has 0 radical (unpaired) electrons. The fourth-order valence-electron chi connectivity index (χ4n) is 4.81. The first kappa shape index (κ1) is 32.8. The number of halogens is 1. The Hall–Kier alpha value is -4.14. The summed E-state index contributed by atoms with van der Waals surface area (Å²) in [6, 6.07) is 29.3. The molecule has 44 heavy (non-hydrogen) atoms. The van der Waals surface area contributed by atoms with Crippen LogP contribution in [0.5, 0.6) is 0 Å². The highest BCUT2D eigenvalue weighted by atomic mass is 35.5. The molecule has 1 atom stereocenters. The van der Waals surface area contributed by atoms with E-state index in [-0.39, 0.29) is 34.5 Å². The zero-order valence-electron chi connectivity index (χ0n) is 25.2. The molecular weight excluding hydrogens is 594 g/mol. The number of sulfonamides is 1. The number of benzene rings is 4. The molecule has 0 aromatic heterocycles. The first-order valence-electron chi connectivity index (χ1n) is 14.6. The van der Waals surface area contributed by atoms with E-state index in [2.05, 4.69) is 5.32 Å². The Kier molecular flexibility index (Phi) is 11.2. The standard InChI is InChI=1S/C35H38ClN3O4S/c1-4-22-37-35(41)33(23-28-10-6-5-7-11-28)38(24-29-18-14-26(2)15-19-29)34(40)25-39(32-13-9-8-12-31(32)36)44(42,43)30-20-16-27(3)17-21-30/h5-21,33H,4,22-25H2,1-3H3,(H,37,41)/t33-/m1/s1. The normalized spacial score (nSPS) is 11.9. The van der Waals surface area contributed by atoms with E-state index >= 15 is 0 Å². The summed E-state index contributed by atoms with van der Waals surface area (Å²) >= 11 is 6.53. The lowest BCUT2D eigenvalue weighted by Gasteiger charge is -2.34. The molecule has 0 saturated heterocycles.